The van der Waals surface area contributed by atoms with Gasteiger partial charge in [-0.2, -0.15) is 18.3 Å². The van der Waals surface area contributed by atoms with Crippen LogP contribution in [0.2, 0.25) is 0 Å². The molecule has 0 unspecified atom stereocenters. The van der Waals surface area contributed by atoms with E-state index in [2.05, 4.69) is 22.0 Å². The zero-order valence-electron chi connectivity index (χ0n) is 17.0. The molecule has 1 saturated carbocycles. The second-order valence-corrected chi connectivity index (χ2v) is 7.52. The van der Waals surface area contributed by atoms with E-state index in [1.807, 2.05) is 17.8 Å². The van der Waals surface area contributed by atoms with E-state index in [0.717, 1.165) is 55.4 Å². The topological polar surface area (TPSA) is 76.9 Å². The van der Waals surface area contributed by atoms with E-state index in [4.69, 9.17) is 0 Å². The van der Waals surface area contributed by atoms with Gasteiger partial charge in [-0.3, -0.25) is 9.48 Å². The van der Waals surface area contributed by atoms with Crippen LogP contribution in [-0.4, -0.2) is 27.0 Å². The van der Waals surface area contributed by atoms with Crippen molar-refractivity contribution in [2.45, 2.75) is 44.8 Å². The van der Waals surface area contributed by atoms with E-state index in [1.54, 1.807) is 6.08 Å². The number of rotatable bonds is 6. The first-order valence-corrected chi connectivity index (χ1v) is 9.92. The number of pyridine rings is 1. The van der Waals surface area contributed by atoms with Crippen molar-refractivity contribution < 1.29 is 22.8 Å². The molecule has 0 spiro atoms. The van der Waals surface area contributed by atoms with Crippen LogP contribution in [0.3, 0.4) is 0 Å². The summed E-state index contributed by atoms with van der Waals surface area (Å²) in [5.74, 6) is -0.659. The lowest BCUT2D eigenvalue weighted by atomic mass is 9.87. The highest BCUT2D eigenvalue weighted by molar-refractivity contribution is 5.94. The summed E-state index contributed by atoms with van der Waals surface area (Å²) in [6, 6.07) is 3.36. The number of aromatic nitrogens is 3. The smallest absolute Gasteiger partial charge is 0.321 e. The average molecular weight is 432 g/mol. The summed E-state index contributed by atoms with van der Waals surface area (Å²) in [5.41, 5.74) is 0.331. The van der Waals surface area contributed by atoms with Crippen molar-refractivity contribution >= 4 is 18.3 Å². The minimum absolute atomic E-state index is 0.110. The molecule has 2 aromatic heterocycles. The minimum Gasteiger partial charge on any atom is -0.321 e. The number of aryl methyl sites for hydroxylation is 1. The minimum atomic E-state index is -4.63. The van der Waals surface area contributed by atoms with Gasteiger partial charge in [0.2, 0.25) is 0 Å². The van der Waals surface area contributed by atoms with Gasteiger partial charge in [0.15, 0.2) is 0 Å². The van der Waals surface area contributed by atoms with Crippen LogP contribution in [0.25, 0.3) is 6.08 Å². The molecule has 1 N–H and O–H groups in total. The van der Waals surface area contributed by atoms with Crippen LogP contribution in [0.1, 0.15) is 59.2 Å². The zero-order chi connectivity index (χ0) is 22.6. The highest BCUT2D eigenvalue weighted by Gasteiger charge is 2.33. The molecular weight excluding hydrogens is 409 g/mol. The van der Waals surface area contributed by atoms with Gasteiger partial charge in [-0.05, 0) is 56.9 Å². The lowest BCUT2D eigenvalue weighted by Gasteiger charge is -2.25. The van der Waals surface area contributed by atoms with E-state index in [0.29, 0.717) is 5.70 Å². The standard InChI is InChI=1S/C22H23F3N4O2/c1-3-17(26-21(31)19-5-4-6-20(27-19)22(23,24)25)11-16-12-29(28-14(16)2)18-9-7-15(13-30)8-10-18/h3-6,11-13,15,18H,1,7-10H2,2H3,(H,26,31)/b17-11+. The lowest BCUT2D eigenvalue weighted by Crippen LogP contribution is -2.24. The maximum absolute atomic E-state index is 12.8. The lowest BCUT2D eigenvalue weighted by molar-refractivity contribution is -0.141. The fraction of sp³-hybridized carbons (Fsp3) is 0.364. The molecule has 31 heavy (non-hydrogen) atoms. The first-order chi connectivity index (χ1) is 14.7. The SMILES string of the molecule is C=C/C(=C\c1cn(C2CCC(C=O)CC2)nc1C)NC(=O)c1cccc(C(F)(F)F)n1. The van der Waals surface area contributed by atoms with Crippen molar-refractivity contribution in [3.8, 4) is 0 Å². The monoisotopic (exact) mass is 432 g/mol. The van der Waals surface area contributed by atoms with Crippen molar-refractivity contribution in [1.82, 2.24) is 20.1 Å². The second-order valence-electron chi connectivity index (χ2n) is 7.52. The number of alkyl halides is 3. The molecule has 1 aliphatic rings. The Hall–Kier alpha value is -3.23. The number of aldehydes is 1. The summed E-state index contributed by atoms with van der Waals surface area (Å²) in [5, 5.41) is 7.09. The second kappa shape index (κ2) is 9.28. The number of carbonyl (C=O) groups excluding carboxylic acids is 2. The maximum Gasteiger partial charge on any atom is 0.433 e. The van der Waals surface area contributed by atoms with Crippen molar-refractivity contribution in [2.75, 3.05) is 0 Å². The number of allylic oxidation sites excluding steroid dienone is 1. The third kappa shape index (κ3) is 5.48. The maximum atomic E-state index is 12.8. The first kappa shape index (κ1) is 22.5. The number of amides is 1. The Morgan fingerprint density at radius 3 is 2.58 bits per heavy atom. The summed E-state index contributed by atoms with van der Waals surface area (Å²) in [4.78, 5) is 26.7. The van der Waals surface area contributed by atoms with Crippen molar-refractivity contribution in [3.05, 3.63) is 65.4 Å². The molecule has 164 valence electrons. The van der Waals surface area contributed by atoms with Crippen LogP contribution in [0.4, 0.5) is 13.2 Å². The van der Waals surface area contributed by atoms with E-state index in [-0.39, 0.29) is 17.7 Å². The Morgan fingerprint density at radius 1 is 1.26 bits per heavy atom. The highest BCUT2D eigenvalue weighted by atomic mass is 19.4. The Morgan fingerprint density at radius 2 is 1.97 bits per heavy atom. The molecule has 0 bridgehead atoms. The number of carbonyl (C=O) groups is 2. The largest absolute Gasteiger partial charge is 0.433 e. The Kier molecular flexibility index (Phi) is 6.72. The van der Waals surface area contributed by atoms with Gasteiger partial charge in [-0.1, -0.05) is 12.6 Å². The molecule has 9 heteroatoms. The van der Waals surface area contributed by atoms with Gasteiger partial charge in [0.1, 0.15) is 17.7 Å². The van der Waals surface area contributed by atoms with E-state index in [1.165, 1.54) is 12.1 Å². The van der Waals surface area contributed by atoms with Crippen LogP contribution in [0.5, 0.6) is 0 Å². The third-order valence-electron chi connectivity index (χ3n) is 5.32. The van der Waals surface area contributed by atoms with Gasteiger partial charge >= 0.3 is 6.18 Å². The van der Waals surface area contributed by atoms with Crippen LogP contribution in [0, 0.1) is 12.8 Å². The normalized spacial score (nSPS) is 19.7. The number of nitrogens with zero attached hydrogens (tertiary/aromatic N) is 3. The van der Waals surface area contributed by atoms with Crippen LogP contribution in [-0.2, 0) is 11.0 Å². The number of hydrogen-bond donors (Lipinski definition) is 1. The van der Waals surface area contributed by atoms with Gasteiger partial charge in [0, 0.05) is 23.4 Å². The van der Waals surface area contributed by atoms with Crippen LogP contribution < -0.4 is 5.32 Å². The molecule has 3 rings (SSSR count). The number of halogens is 3. The average Bonchev–Trinajstić information content (AvgIpc) is 3.12. The fourth-order valence-electron chi connectivity index (χ4n) is 3.55. The predicted molar refractivity (Wildman–Crippen MR) is 109 cm³/mol. The van der Waals surface area contributed by atoms with Crippen LogP contribution in [0.15, 0.2) is 42.7 Å². The molecule has 0 saturated heterocycles. The summed E-state index contributed by atoms with van der Waals surface area (Å²) in [6.45, 7) is 5.49. The third-order valence-corrected chi connectivity index (χ3v) is 5.32. The van der Waals surface area contributed by atoms with Gasteiger partial charge in [-0.15, -0.1) is 0 Å². The van der Waals surface area contributed by atoms with Crippen molar-refractivity contribution in [1.29, 1.82) is 0 Å². The highest BCUT2D eigenvalue weighted by Crippen LogP contribution is 2.31. The predicted octanol–water partition coefficient (Wildman–Crippen LogP) is 4.49. The summed E-state index contributed by atoms with van der Waals surface area (Å²) in [7, 11) is 0. The summed E-state index contributed by atoms with van der Waals surface area (Å²) in [6.07, 6.45) is 4.68. The van der Waals surface area contributed by atoms with Gasteiger partial charge in [-0.25, -0.2) is 4.98 Å². The number of nitrogens with one attached hydrogen (secondary N) is 1. The number of hydrogen-bond acceptors (Lipinski definition) is 4. The Labute approximate surface area is 177 Å². The molecule has 1 aliphatic carbocycles. The molecule has 1 fully saturated rings. The molecule has 2 aromatic rings. The Bertz CT molecular complexity index is 1000. The Balaban J connectivity index is 1.75. The molecule has 6 nitrogen and oxygen atoms in total. The molecule has 0 radical (unpaired) electrons. The van der Waals surface area contributed by atoms with Crippen molar-refractivity contribution in [2.24, 2.45) is 5.92 Å². The van der Waals surface area contributed by atoms with Gasteiger partial charge in [0.25, 0.3) is 5.91 Å². The van der Waals surface area contributed by atoms with E-state index < -0.39 is 17.8 Å². The fourth-order valence-corrected chi connectivity index (χ4v) is 3.55. The quantitative estimate of drug-likeness (QED) is 0.539. The van der Waals surface area contributed by atoms with E-state index in [9.17, 15) is 22.8 Å². The molecule has 2 heterocycles. The first-order valence-electron chi connectivity index (χ1n) is 9.92. The molecule has 1 amide bonds. The van der Waals surface area contributed by atoms with Crippen LogP contribution >= 0.6 is 0 Å². The zero-order valence-corrected chi connectivity index (χ0v) is 17.0. The van der Waals surface area contributed by atoms with Gasteiger partial charge in [0.05, 0.1) is 11.7 Å². The molecular formula is C22H23F3N4O2. The molecule has 0 atom stereocenters. The molecule has 0 aromatic carbocycles. The summed E-state index contributed by atoms with van der Waals surface area (Å²) >= 11 is 0. The van der Waals surface area contributed by atoms with E-state index >= 15 is 0 Å². The molecule has 0 aliphatic heterocycles. The van der Waals surface area contributed by atoms with Crippen molar-refractivity contribution in [3.63, 3.8) is 0 Å². The summed E-state index contributed by atoms with van der Waals surface area (Å²) < 4.78 is 40.4. The van der Waals surface area contributed by atoms with Gasteiger partial charge < -0.3 is 10.1 Å².